The van der Waals surface area contributed by atoms with E-state index < -0.39 is 0 Å². The van der Waals surface area contributed by atoms with Crippen LogP contribution in [-0.4, -0.2) is 56.9 Å². The molecule has 1 saturated heterocycles. The Kier molecular flexibility index (Phi) is 4.43. The van der Waals surface area contributed by atoms with Crippen molar-refractivity contribution in [2.75, 3.05) is 32.1 Å². The molecule has 1 atom stereocenters. The lowest BCUT2D eigenvalue weighted by Gasteiger charge is -2.28. The first-order valence-corrected chi connectivity index (χ1v) is 8.51. The molecule has 0 spiro atoms. The molecule has 1 aromatic carbocycles. The van der Waals surface area contributed by atoms with Gasteiger partial charge in [-0.2, -0.15) is 0 Å². The molecule has 1 aliphatic rings. The maximum absolute atomic E-state index is 5.28. The SMILES string of the molecule is COc1ccc([C@H](CNc2ccc3nnnn3n2)N2CCCC2)cc1. The molecular formula is C17H21N7O. The first kappa shape index (κ1) is 15.8. The third kappa shape index (κ3) is 3.39. The number of benzene rings is 1. The predicted octanol–water partition coefficient (Wildman–Crippen LogP) is 1.78. The Labute approximate surface area is 145 Å². The maximum atomic E-state index is 5.28. The summed E-state index contributed by atoms with van der Waals surface area (Å²) in [6.45, 7) is 3.02. The van der Waals surface area contributed by atoms with E-state index >= 15 is 0 Å². The summed E-state index contributed by atoms with van der Waals surface area (Å²) < 4.78 is 6.71. The highest BCUT2D eigenvalue weighted by atomic mass is 16.5. The first-order valence-electron chi connectivity index (χ1n) is 8.51. The largest absolute Gasteiger partial charge is 0.497 e. The van der Waals surface area contributed by atoms with E-state index in [0.717, 1.165) is 31.2 Å². The standard InChI is InChI=1S/C17H21N7O/c1-25-14-6-4-13(5-7-14)15(23-10-2-3-11-23)12-18-16-8-9-17-19-21-22-24(17)20-16/h4-9,15H,2-3,10-12H2,1H3,(H,18,20)/t15-/m0/s1. The van der Waals surface area contributed by atoms with Crippen LogP contribution in [-0.2, 0) is 0 Å². The fraction of sp³-hybridized carbons (Fsp3) is 0.412. The molecule has 8 heteroatoms. The third-order valence-electron chi connectivity index (χ3n) is 4.63. The number of nitrogens with zero attached hydrogens (tertiary/aromatic N) is 6. The van der Waals surface area contributed by atoms with E-state index in [-0.39, 0.29) is 0 Å². The first-order chi connectivity index (χ1) is 12.3. The van der Waals surface area contributed by atoms with Crippen molar-refractivity contribution < 1.29 is 4.74 Å². The number of methoxy groups -OCH3 is 1. The van der Waals surface area contributed by atoms with E-state index in [1.165, 1.54) is 23.0 Å². The maximum Gasteiger partial charge on any atom is 0.200 e. The number of nitrogens with one attached hydrogen (secondary N) is 1. The second kappa shape index (κ2) is 7.02. The molecule has 1 N–H and O–H groups in total. The molecule has 0 aliphatic carbocycles. The average molecular weight is 339 g/mol. The van der Waals surface area contributed by atoms with Crippen LogP contribution in [0.4, 0.5) is 5.82 Å². The lowest BCUT2D eigenvalue weighted by atomic mass is 10.1. The number of aromatic nitrogens is 5. The van der Waals surface area contributed by atoms with Crippen molar-refractivity contribution in [1.29, 1.82) is 0 Å². The molecule has 130 valence electrons. The van der Waals surface area contributed by atoms with Crippen LogP contribution in [0.25, 0.3) is 5.65 Å². The Morgan fingerprint density at radius 2 is 1.92 bits per heavy atom. The summed E-state index contributed by atoms with van der Waals surface area (Å²) >= 11 is 0. The molecule has 8 nitrogen and oxygen atoms in total. The highest BCUT2D eigenvalue weighted by Crippen LogP contribution is 2.27. The summed E-state index contributed by atoms with van der Waals surface area (Å²) in [6.07, 6.45) is 2.50. The van der Waals surface area contributed by atoms with Crippen molar-refractivity contribution in [1.82, 2.24) is 30.2 Å². The molecule has 1 aliphatic heterocycles. The van der Waals surface area contributed by atoms with Crippen molar-refractivity contribution >= 4 is 11.5 Å². The Morgan fingerprint density at radius 1 is 1.12 bits per heavy atom. The van der Waals surface area contributed by atoms with E-state index in [2.05, 4.69) is 43.0 Å². The lowest BCUT2D eigenvalue weighted by molar-refractivity contribution is 0.255. The lowest BCUT2D eigenvalue weighted by Crippen LogP contribution is -2.31. The number of hydrogen-bond acceptors (Lipinski definition) is 7. The molecule has 0 unspecified atom stereocenters. The Balaban J connectivity index is 1.52. The summed E-state index contributed by atoms with van der Waals surface area (Å²) in [5, 5.41) is 19.1. The highest BCUT2D eigenvalue weighted by molar-refractivity contribution is 5.42. The molecule has 3 aromatic rings. The van der Waals surface area contributed by atoms with Crippen molar-refractivity contribution in [3.8, 4) is 5.75 Å². The van der Waals surface area contributed by atoms with Crippen molar-refractivity contribution in [3.05, 3.63) is 42.0 Å². The Morgan fingerprint density at radius 3 is 2.68 bits per heavy atom. The molecule has 0 radical (unpaired) electrons. The van der Waals surface area contributed by atoms with E-state index in [1.807, 2.05) is 24.3 Å². The number of likely N-dealkylation sites (tertiary alicyclic amines) is 1. The van der Waals surface area contributed by atoms with Crippen LogP contribution in [0.5, 0.6) is 5.75 Å². The average Bonchev–Trinajstić information content (AvgIpc) is 3.34. The second-order valence-corrected chi connectivity index (χ2v) is 6.16. The van der Waals surface area contributed by atoms with Crippen LogP contribution < -0.4 is 10.1 Å². The van der Waals surface area contributed by atoms with Gasteiger partial charge < -0.3 is 10.1 Å². The number of fused-ring (bicyclic) bond motifs is 1. The van der Waals surface area contributed by atoms with Gasteiger partial charge in [-0.1, -0.05) is 12.1 Å². The van der Waals surface area contributed by atoms with Gasteiger partial charge in [0.15, 0.2) is 5.65 Å². The fourth-order valence-corrected chi connectivity index (χ4v) is 3.28. The molecule has 1 fully saturated rings. The van der Waals surface area contributed by atoms with E-state index in [9.17, 15) is 0 Å². The van der Waals surface area contributed by atoms with Crippen LogP contribution in [0, 0.1) is 0 Å². The number of hydrogen-bond donors (Lipinski definition) is 1. The quantitative estimate of drug-likeness (QED) is 0.733. The molecular weight excluding hydrogens is 318 g/mol. The molecule has 0 amide bonds. The predicted molar refractivity (Wildman–Crippen MR) is 93.6 cm³/mol. The van der Waals surface area contributed by atoms with Crippen molar-refractivity contribution in [2.45, 2.75) is 18.9 Å². The van der Waals surface area contributed by atoms with Crippen LogP contribution in [0.3, 0.4) is 0 Å². The van der Waals surface area contributed by atoms with Gasteiger partial charge in [0.05, 0.1) is 13.2 Å². The van der Waals surface area contributed by atoms with Crippen LogP contribution >= 0.6 is 0 Å². The van der Waals surface area contributed by atoms with Gasteiger partial charge in [0.25, 0.3) is 0 Å². The van der Waals surface area contributed by atoms with Crippen molar-refractivity contribution in [3.63, 3.8) is 0 Å². The van der Waals surface area contributed by atoms with E-state index in [0.29, 0.717) is 11.7 Å². The van der Waals surface area contributed by atoms with Gasteiger partial charge >= 0.3 is 0 Å². The Hall–Kier alpha value is -2.74. The van der Waals surface area contributed by atoms with Crippen LogP contribution in [0.1, 0.15) is 24.4 Å². The molecule has 0 bridgehead atoms. The van der Waals surface area contributed by atoms with E-state index in [4.69, 9.17) is 4.74 Å². The van der Waals surface area contributed by atoms with Gasteiger partial charge in [-0.15, -0.1) is 14.8 Å². The molecule has 25 heavy (non-hydrogen) atoms. The molecule has 0 saturated carbocycles. The zero-order chi connectivity index (χ0) is 17.1. The molecule has 2 aromatic heterocycles. The van der Waals surface area contributed by atoms with Gasteiger partial charge in [-0.3, -0.25) is 4.90 Å². The summed E-state index contributed by atoms with van der Waals surface area (Å²) in [5.74, 6) is 1.64. The number of ether oxygens (including phenoxy) is 1. The molecule has 4 rings (SSSR count). The van der Waals surface area contributed by atoms with Gasteiger partial charge in [0.2, 0.25) is 0 Å². The van der Waals surface area contributed by atoms with Gasteiger partial charge in [-0.25, -0.2) is 0 Å². The zero-order valence-electron chi connectivity index (χ0n) is 14.2. The minimum Gasteiger partial charge on any atom is -0.497 e. The number of rotatable bonds is 6. The Bertz CT molecular complexity index is 826. The van der Waals surface area contributed by atoms with Crippen molar-refractivity contribution in [2.24, 2.45) is 0 Å². The third-order valence-corrected chi connectivity index (χ3v) is 4.63. The normalized spacial score (nSPS) is 16.2. The summed E-state index contributed by atoms with van der Waals surface area (Å²) in [6, 6.07) is 12.4. The number of tetrazole rings is 1. The van der Waals surface area contributed by atoms with Crippen LogP contribution in [0.2, 0.25) is 0 Å². The van der Waals surface area contributed by atoms with Crippen LogP contribution in [0.15, 0.2) is 36.4 Å². The topological polar surface area (TPSA) is 80.5 Å². The monoisotopic (exact) mass is 339 g/mol. The summed E-state index contributed by atoms with van der Waals surface area (Å²) in [7, 11) is 1.69. The smallest absolute Gasteiger partial charge is 0.200 e. The summed E-state index contributed by atoms with van der Waals surface area (Å²) in [4.78, 5) is 2.52. The summed E-state index contributed by atoms with van der Waals surface area (Å²) in [5.41, 5.74) is 1.91. The minimum atomic E-state index is 0.291. The fourth-order valence-electron chi connectivity index (χ4n) is 3.28. The van der Waals surface area contributed by atoms with Gasteiger partial charge in [-0.05, 0) is 66.2 Å². The molecule has 3 heterocycles. The zero-order valence-corrected chi connectivity index (χ0v) is 14.2. The minimum absolute atomic E-state index is 0.291. The number of anilines is 1. The van der Waals surface area contributed by atoms with Gasteiger partial charge in [0, 0.05) is 6.54 Å². The second-order valence-electron chi connectivity index (χ2n) is 6.16. The van der Waals surface area contributed by atoms with E-state index in [1.54, 1.807) is 7.11 Å². The van der Waals surface area contributed by atoms with Gasteiger partial charge in [0.1, 0.15) is 11.6 Å². The highest BCUT2D eigenvalue weighted by Gasteiger charge is 2.23.